The Balaban J connectivity index is 1.92. The average Bonchev–Trinajstić information content (AvgIpc) is 2.34. The molecule has 3 N–H and O–H groups in total. The number of hydrogen-bond donors (Lipinski definition) is 2. The number of nitrogen functional groups attached to an aromatic ring is 1. The van der Waals surface area contributed by atoms with Gasteiger partial charge in [0, 0.05) is 11.7 Å². The Kier molecular flexibility index (Phi) is 4.46. The Morgan fingerprint density at radius 2 is 2.21 bits per heavy atom. The number of amides is 1. The van der Waals surface area contributed by atoms with Crippen LogP contribution in [0.3, 0.4) is 0 Å². The molecule has 3 nitrogen and oxygen atoms in total. The molecule has 1 amide bonds. The quantitative estimate of drug-likeness (QED) is 0.821. The molecule has 104 valence electrons. The first-order valence-corrected chi connectivity index (χ1v) is 7.19. The minimum Gasteiger partial charge on any atom is -0.398 e. The fraction of sp³-hybridized carbons (Fsp3) is 0.562. The molecule has 0 unspecified atom stereocenters. The molecule has 2 rings (SSSR count). The molecule has 0 aromatic heterocycles. The molecule has 0 spiro atoms. The number of aryl methyl sites for hydroxylation is 1. The number of anilines is 1. The van der Waals surface area contributed by atoms with Gasteiger partial charge in [0.15, 0.2) is 0 Å². The van der Waals surface area contributed by atoms with E-state index in [1.165, 1.54) is 12.8 Å². The standard InChI is InChI=1S/C16H24N2O/c1-11-4-3-5-14(9-11)18-16(19)10-13-8-12(2)6-7-15(13)17/h6-8,11,14H,3-5,9-10,17H2,1-2H3,(H,18,19)/t11-,14+/m0/s1. The van der Waals surface area contributed by atoms with E-state index in [9.17, 15) is 4.79 Å². The van der Waals surface area contributed by atoms with Gasteiger partial charge in [-0.1, -0.05) is 37.5 Å². The first kappa shape index (κ1) is 13.9. The lowest BCUT2D eigenvalue weighted by Crippen LogP contribution is -2.38. The Morgan fingerprint density at radius 1 is 1.42 bits per heavy atom. The molecule has 2 atom stereocenters. The lowest BCUT2D eigenvalue weighted by Gasteiger charge is -2.27. The highest BCUT2D eigenvalue weighted by atomic mass is 16.1. The number of rotatable bonds is 3. The highest BCUT2D eigenvalue weighted by Crippen LogP contribution is 2.23. The monoisotopic (exact) mass is 260 g/mol. The minimum absolute atomic E-state index is 0.0939. The second-order valence-corrected chi connectivity index (χ2v) is 5.92. The molecule has 1 saturated carbocycles. The molecule has 0 saturated heterocycles. The second-order valence-electron chi connectivity index (χ2n) is 5.92. The molecular weight excluding hydrogens is 236 g/mol. The zero-order valence-corrected chi connectivity index (χ0v) is 11.9. The third kappa shape index (κ3) is 3.98. The van der Waals surface area contributed by atoms with Crippen LogP contribution in [-0.4, -0.2) is 11.9 Å². The van der Waals surface area contributed by atoms with Gasteiger partial charge in [-0.3, -0.25) is 4.79 Å². The van der Waals surface area contributed by atoms with Crippen molar-refractivity contribution in [3.63, 3.8) is 0 Å². The van der Waals surface area contributed by atoms with Gasteiger partial charge in [0.25, 0.3) is 0 Å². The van der Waals surface area contributed by atoms with Gasteiger partial charge < -0.3 is 11.1 Å². The topological polar surface area (TPSA) is 55.1 Å². The fourth-order valence-electron chi connectivity index (χ4n) is 2.90. The predicted octanol–water partition coefficient (Wildman–Crippen LogP) is 2.81. The van der Waals surface area contributed by atoms with Gasteiger partial charge in [0.2, 0.25) is 5.91 Å². The van der Waals surface area contributed by atoms with Crippen LogP contribution in [0.5, 0.6) is 0 Å². The van der Waals surface area contributed by atoms with Gasteiger partial charge in [-0.2, -0.15) is 0 Å². The van der Waals surface area contributed by atoms with Crippen LogP contribution < -0.4 is 11.1 Å². The number of benzene rings is 1. The molecule has 1 aliphatic rings. The van der Waals surface area contributed by atoms with Crippen molar-refractivity contribution in [3.8, 4) is 0 Å². The maximum Gasteiger partial charge on any atom is 0.224 e. The van der Waals surface area contributed by atoms with Crippen LogP contribution in [0, 0.1) is 12.8 Å². The summed E-state index contributed by atoms with van der Waals surface area (Å²) in [4.78, 5) is 12.1. The summed E-state index contributed by atoms with van der Waals surface area (Å²) in [7, 11) is 0. The highest BCUT2D eigenvalue weighted by molar-refractivity contribution is 5.80. The molecule has 0 radical (unpaired) electrons. The van der Waals surface area contributed by atoms with Crippen molar-refractivity contribution in [2.24, 2.45) is 5.92 Å². The first-order chi connectivity index (χ1) is 9.04. The van der Waals surface area contributed by atoms with Gasteiger partial charge >= 0.3 is 0 Å². The van der Waals surface area contributed by atoms with Crippen molar-refractivity contribution in [2.75, 3.05) is 5.73 Å². The summed E-state index contributed by atoms with van der Waals surface area (Å²) in [6, 6.07) is 6.20. The van der Waals surface area contributed by atoms with E-state index in [4.69, 9.17) is 5.73 Å². The minimum atomic E-state index is 0.0939. The zero-order valence-electron chi connectivity index (χ0n) is 11.9. The van der Waals surface area contributed by atoms with E-state index in [1.54, 1.807) is 0 Å². The third-order valence-corrected chi connectivity index (χ3v) is 3.95. The zero-order chi connectivity index (χ0) is 13.8. The third-order valence-electron chi connectivity index (χ3n) is 3.95. The van der Waals surface area contributed by atoms with Crippen LogP contribution >= 0.6 is 0 Å². The summed E-state index contributed by atoms with van der Waals surface area (Å²) >= 11 is 0. The van der Waals surface area contributed by atoms with Crippen molar-refractivity contribution in [2.45, 2.75) is 52.0 Å². The summed E-state index contributed by atoms with van der Waals surface area (Å²) in [5.41, 5.74) is 8.69. The maximum absolute atomic E-state index is 12.1. The average molecular weight is 260 g/mol. The van der Waals surface area contributed by atoms with Gasteiger partial charge in [0.05, 0.1) is 6.42 Å². The van der Waals surface area contributed by atoms with Gasteiger partial charge in [0.1, 0.15) is 0 Å². The Morgan fingerprint density at radius 3 is 2.95 bits per heavy atom. The molecule has 0 bridgehead atoms. The van der Waals surface area contributed by atoms with Crippen LogP contribution in [0.2, 0.25) is 0 Å². The molecule has 1 aliphatic carbocycles. The summed E-state index contributed by atoms with van der Waals surface area (Å²) in [6.45, 7) is 4.28. The van der Waals surface area contributed by atoms with Gasteiger partial charge in [-0.15, -0.1) is 0 Å². The van der Waals surface area contributed by atoms with Crippen LogP contribution in [-0.2, 0) is 11.2 Å². The number of nitrogens with two attached hydrogens (primary N) is 1. The lowest BCUT2D eigenvalue weighted by molar-refractivity contribution is -0.121. The van der Waals surface area contributed by atoms with Crippen LogP contribution in [0.15, 0.2) is 18.2 Å². The van der Waals surface area contributed by atoms with Crippen LogP contribution in [0.25, 0.3) is 0 Å². The van der Waals surface area contributed by atoms with E-state index < -0.39 is 0 Å². The van der Waals surface area contributed by atoms with Crippen molar-refractivity contribution in [1.29, 1.82) is 0 Å². The molecule has 3 heteroatoms. The number of carbonyl (C=O) groups excluding carboxylic acids is 1. The van der Waals surface area contributed by atoms with Crippen LogP contribution in [0.4, 0.5) is 5.69 Å². The summed E-state index contributed by atoms with van der Waals surface area (Å²) in [5.74, 6) is 0.819. The lowest BCUT2D eigenvalue weighted by atomic mass is 9.87. The predicted molar refractivity (Wildman–Crippen MR) is 78.9 cm³/mol. The first-order valence-electron chi connectivity index (χ1n) is 7.19. The maximum atomic E-state index is 12.1. The normalized spacial score (nSPS) is 23.1. The van der Waals surface area contributed by atoms with E-state index in [0.717, 1.165) is 29.9 Å². The number of hydrogen-bond acceptors (Lipinski definition) is 2. The van der Waals surface area contributed by atoms with E-state index in [2.05, 4.69) is 12.2 Å². The SMILES string of the molecule is Cc1ccc(N)c(CC(=O)N[C@@H]2CCC[C@H](C)C2)c1. The highest BCUT2D eigenvalue weighted by Gasteiger charge is 2.20. The number of nitrogens with one attached hydrogen (secondary N) is 1. The summed E-state index contributed by atoms with van der Waals surface area (Å²) in [5, 5.41) is 3.15. The Bertz CT molecular complexity index is 456. The van der Waals surface area contributed by atoms with Crippen molar-refractivity contribution < 1.29 is 4.79 Å². The van der Waals surface area contributed by atoms with Gasteiger partial charge in [-0.05, 0) is 37.3 Å². The van der Waals surface area contributed by atoms with Crippen molar-refractivity contribution in [3.05, 3.63) is 29.3 Å². The molecule has 19 heavy (non-hydrogen) atoms. The van der Waals surface area contributed by atoms with Crippen LogP contribution in [0.1, 0.15) is 43.7 Å². The molecule has 0 aliphatic heterocycles. The molecule has 1 aromatic carbocycles. The molecule has 1 fully saturated rings. The van der Waals surface area contributed by atoms with E-state index >= 15 is 0 Å². The Hall–Kier alpha value is -1.51. The molecular formula is C16H24N2O. The van der Waals surface area contributed by atoms with Crippen molar-refractivity contribution in [1.82, 2.24) is 5.32 Å². The smallest absolute Gasteiger partial charge is 0.224 e. The largest absolute Gasteiger partial charge is 0.398 e. The number of carbonyl (C=O) groups is 1. The fourth-order valence-corrected chi connectivity index (χ4v) is 2.90. The summed E-state index contributed by atoms with van der Waals surface area (Å²) < 4.78 is 0. The second kappa shape index (κ2) is 6.09. The molecule has 1 aromatic rings. The van der Waals surface area contributed by atoms with E-state index in [0.29, 0.717) is 18.2 Å². The Labute approximate surface area is 115 Å². The van der Waals surface area contributed by atoms with E-state index in [-0.39, 0.29) is 5.91 Å². The van der Waals surface area contributed by atoms with E-state index in [1.807, 2.05) is 25.1 Å². The van der Waals surface area contributed by atoms with Crippen molar-refractivity contribution >= 4 is 11.6 Å². The summed E-state index contributed by atoms with van der Waals surface area (Å²) in [6.07, 6.45) is 5.11. The van der Waals surface area contributed by atoms with Gasteiger partial charge in [-0.25, -0.2) is 0 Å². The molecule has 0 heterocycles.